The van der Waals surface area contributed by atoms with Crippen LogP contribution in [-0.4, -0.2) is 52.1 Å². The Balaban J connectivity index is 1.55. The van der Waals surface area contributed by atoms with Gasteiger partial charge in [-0.25, -0.2) is 0 Å². The first kappa shape index (κ1) is 18.4. The van der Waals surface area contributed by atoms with Gasteiger partial charge >= 0.3 is 0 Å². The molecule has 6 heteroatoms. The van der Waals surface area contributed by atoms with Gasteiger partial charge in [0.15, 0.2) is 5.69 Å². The van der Waals surface area contributed by atoms with Gasteiger partial charge in [0.05, 0.1) is 6.20 Å². The number of amides is 1. The molecule has 1 unspecified atom stereocenters. The molecular weight excluding hydrogens is 316 g/mol. The van der Waals surface area contributed by atoms with Gasteiger partial charge in [-0.15, -0.1) is 5.10 Å². The van der Waals surface area contributed by atoms with Crippen LogP contribution in [0.4, 0.5) is 0 Å². The SMILES string of the molecule is COCCC1CCCCN1C(=O)c1cn(CCC2CCCCC2)nn1. The average Bonchev–Trinajstić information content (AvgIpc) is 3.14. The molecule has 2 fully saturated rings. The van der Waals surface area contributed by atoms with E-state index in [1.807, 2.05) is 15.8 Å². The number of ether oxygens (including phenoxy) is 1. The Bertz CT molecular complexity index is 539. The molecule has 0 radical (unpaired) electrons. The lowest BCUT2D eigenvalue weighted by molar-refractivity contribution is 0.0547. The third kappa shape index (κ3) is 5.03. The second-order valence-corrected chi connectivity index (χ2v) is 7.59. The van der Waals surface area contributed by atoms with Crippen LogP contribution in [0.5, 0.6) is 0 Å². The first-order chi connectivity index (χ1) is 12.3. The Morgan fingerprint density at radius 1 is 1.16 bits per heavy atom. The molecule has 0 spiro atoms. The summed E-state index contributed by atoms with van der Waals surface area (Å²) in [6.45, 7) is 2.39. The number of rotatable bonds is 7. The molecule has 25 heavy (non-hydrogen) atoms. The normalized spacial score (nSPS) is 22.3. The molecule has 1 saturated carbocycles. The molecule has 1 aliphatic heterocycles. The number of carbonyl (C=O) groups is 1. The Labute approximate surface area is 150 Å². The maximum atomic E-state index is 12.9. The standard InChI is InChI=1S/C19H32N4O2/c1-25-14-11-17-9-5-6-12-23(17)19(24)18-15-22(21-20-18)13-10-16-7-3-2-4-8-16/h15-17H,2-14H2,1H3. The zero-order valence-corrected chi connectivity index (χ0v) is 15.5. The minimum absolute atomic E-state index is 0.0321. The number of hydrogen-bond acceptors (Lipinski definition) is 4. The maximum Gasteiger partial charge on any atom is 0.276 e. The first-order valence-corrected chi connectivity index (χ1v) is 9.98. The fraction of sp³-hybridized carbons (Fsp3) is 0.842. The van der Waals surface area contributed by atoms with Crippen LogP contribution >= 0.6 is 0 Å². The molecule has 1 aromatic rings. The summed E-state index contributed by atoms with van der Waals surface area (Å²) in [6.07, 6.45) is 14.0. The number of hydrogen-bond donors (Lipinski definition) is 0. The van der Waals surface area contributed by atoms with Crippen LogP contribution in [0.25, 0.3) is 0 Å². The van der Waals surface area contributed by atoms with E-state index in [1.54, 1.807) is 7.11 Å². The average molecular weight is 348 g/mol. The van der Waals surface area contributed by atoms with Gasteiger partial charge in [0.1, 0.15) is 0 Å². The molecule has 0 aromatic carbocycles. The summed E-state index contributed by atoms with van der Waals surface area (Å²) < 4.78 is 7.06. The van der Waals surface area contributed by atoms with Crippen molar-refractivity contribution in [3.63, 3.8) is 0 Å². The lowest BCUT2D eigenvalue weighted by Crippen LogP contribution is -2.44. The Hall–Kier alpha value is -1.43. The topological polar surface area (TPSA) is 60.2 Å². The summed E-state index contributed by atoms with van der Waals surface area (Å²) in [5.74, 6) is 0.849. The van der Waals surface area contributed by atoms with Gasteiger partial charge in [0.2, 0.25) is 0 Å². The van der Waals surface area contributed by atoms with Crippen molar-refractivity contribution in [1.82, 2.24) is 19.9 Å². The van der Waals surface area contributed by atoms with Crippen molar-refractivity contribution in [2.24, 2.45) is 5.92 Å². The summed E-state index contributed by atoms with van der Waals surface area (Å²) in [5.41, 5.74) is 0.493. The molecule has 1 amide bonds. The Kier molecular flexibility index (Phi) is 6.84. The number of carbonyl (C=O) groups excluding carboxylic acids is 1. The van der Waals surface area contributed by atoms with Gasteiger partial charge < -0.3 is 9.64 Å². The molecule has 140 valence electrons. The third-order valence-corrected chi connectivity index (χ3v) is 5.79. The van der Waals surface area contributed by atoms with E-state index in [4.69, 9.17) is 4.74 Å². The van der Waals surface area contributed by atoms with Gasteiger partial charge in [-0.05, 0) is 38.0 Å². The third-order valence-electron chi connectivity index (χ3n) is 5.79. The highest BCUT2D eigenvalue weighted by molar-refractivity contribution is 5.92. The summed E-state index contributed by atoms with van der Waals surface area (Å²) in [5, 5.41) is 8.36. The number of aryl methyl sites for hydroxylation is 1. The van der Waals surface area contributed by atoms with E-state index in [2.05, 4.69) is 10.3 Å². The molecule has 1 saturated heterocycles. The van der Waals surface area contributed by atoms with Crippen LogP contribution in [0, 0.1) is 5.92 Å². The van der Waals surface area contributed by atoms with Crippen LogP contribution in [0.3, 0.4) is 0 Å². The molecule has 2 heterocycles. The zero-order valence-electron chi connectivity index (χ0n) is 15.5. The highest BCUT2D eigenvalue weighted by Gasteiger charge is 2.28. The zero-order chi connectivity index (χ0) is 17.5. The summed E-state index contributed by atoms with van der Waals surface area (Å²) in [4.78, 5) is 14.8. The largest absolute Gasteiger partial charge is 0.385 e. The Morgan fingerprint density at radius 3 is 2.76 bits per heavy atom. The van der Waals surface area contributed by atoms with Gasteiger partial charge in [-0.2, -0.15) is 0 Å². The lowest BCUT2D eigenvalue weighted by atomic mass is 9.87. The summed E-state index contributed by atoms with van der Waals surface area (Å²) in [6, 6.07) is 0.272. The van der Waals surface area contributed by atoms with Crippen molar-refractivity contribution in [2.75, 3.05) is 20.3 Å². The first-order valence-electron chi connectivity index (χ1n) is 9.98. The fourth-order valence-corrected chi connectivity index (χ4v) is 4.27. The number of methoxy groups -OCH3 is 1. The highest BCUT2D eigenvalue weighted by Crippen LogP contribution is 2.26. The molecular formula is C19H32N4O2. The number of nitrogens with zero attached hydrogens (tertiary/aromatic N) is 4. The van der Waals surface area contributed by atoms with Crippen molar-refractivity contribution in [1.29, 1.82) is 0 Å². The van der Waals surface area contributed by atoms with E-state index < -0.39 is 0 Å². The molecule has 1 aromatic heterocycles. The van der Waals surface area contributed by atoms with E-state index in [-0.39, 0.29) is 11.9 Å². The molecule has 0 bridgehead atoms. The van der Waals surface area contributed by atoms with E-state index in [1.165, 1.54) is 38.5 Å². The van der Waals surface area contributed by atoms with E-state index in [0.717, 1.165) is 44.7 Å². The predicted octanol–water partition coefficient (Wildman–Crippen LogP) is 3.28. The van der Waals surface area contributed by atoms with E-state index in [0.29, 0.717) is 12.3 Å². The van der Waals surface area contributed by atoms with Crippen molar-refractivity contribution in [2.45, 2.75) is 76.8 Å². The molecule has 6 nitrogen and oxygen atoms in total. The smallest absolute Gasteiger partial charge is 0.276 e. The van der Waals surface area contributed by atoms with Crippen molar-refractivity contribution in [3.8, 4) is 0 Å². The molecule has 1 aliphatic carbocycles. The van der Waals surface area contributed by atoms with Gasteiger partial charge in [-0.1, -0.05) is 37.3 Å². The van der Waals surface area contributed by atoms with E-state index >= 15 is 0 Å². The second-order valence-electron chi connectivity index (χ2n) is 7.59. The van der Waals surface area contributed by atoms with Gasteiger partial charge in [0, 0.05) is 32.8 Å². The molecule has 2 aliphatic rings. The Morgan fingerprint density at radius 2 is 1.96 bits per heavy atom. The second kappa shape index (κ2) is 9.32. The van der Waals surface area contributed by atoms with Crippen LogP contribution in [0.2, 0.25) is 0 Å². The van der Waals surface area contributed by atoms with Crippen LogP contribution < -0.4 is 0 Å². The highest BCUT2D eigenvalue weighted by atomic mass is 16.5. The van der Waals surface area contributed by atoms with Gasteiger partial charge in [-0.3, -0.25) is 9.48 Å². The minimum Gasteiger partial charge on any atom is -0.385 e. The molecule has 0 N–H and O–H groups in total. The van der Waals surface area contributed by atoms with Gasteiger partial charge in [0.25, 0.3) is 5.91 Å². The summed E-state index contributed by atoms with van der Waals surface area (Å²) >= 11 is 0. The minimum atomic E-state index is 0.0321. The fourth-order valence-electron chi connectivity index (χ4n) is 4.27. The number of likely N-dealkylation sites (tertiary alicyclic amines) is 1. The molecule has 3 rings (SSSR count). The summed E-state index contributed by atoms with van der Waals surface area (Å²) in [7, 11) is 1.72. The lowest BCUT2D eigenvalue weighted by Gasteiger charge is -2.35. The molecule has 1 atom stereocenters. The monoisotopic (exact) mass is 348 g/mol. The van der Waals surface area contributed by atoms with Crippen LogP contribution in [0.15, 0.2) is 6.20 Å². The predicted molar refractivity (Wildman–Crippen MR) is 96.4 cm³/mol. The number of aromatic nitrogens is 3. The van der Waals surface area contributed by atoms with E-state index in [9.17, 15) is 4.79 Å². The van der Waals surface area contributed by atoms with Crippen molar-refractivity contribution in [3.05, 3.63) is 11.9 Å². The van der Waals surface area contributed by atoms with Crippen molar-refractivity contribution >= 4 is 5.91 Å². The number of piperidine rings is 1. The van der Waals surface area contributed by atoms with Crippen molar-refractivity contribution < 1.29 is 9.53 Å². The van der Waals surface area contributed by atoms with Crippen LogP contribution in [-0.2, 0) is 11.3 Å². The van der Waals surface area contributed by atoms with Crippen LogP contribution in [0.1, 0.15) is 74.7 Å². The quantitative estimate of drug-likeness (QED) is 0.759. The maximum absolute atomic E-state index is 12.9.